The molecule has 1 aliphatic rings. The van der Waals surface area contributed by atoms with E-state index in [0.717, 1.165) is 0 Å². The summed E-state index contributed by atoms with van der Waals surface area (Å²) < 4.78 is 5.33. The zero-order valence-electron chi connectivity index (χ0n) is 14.0. The molecule has 2 amide bonds. The minimum atomic E-state index is -0.487. The molecule has 1 fully saturated rings. The van der Waals surface area contributed by atoms with E-state index < -0.39 is 6.04 Å². The molecule has 0 saturated carbocycles. The zero-order valence-corrected chi connectivity index (χ0v) is 14.8. The molecule has 0 spiro atoms. The number of benzene rings is 1. The first kappa shape index (κ1) is 17.6. The second-order valence-electron chi connectivity index (χ2n) is 6.17. The number of ether oxygens (including phenoxy) is 1. The van der Waals surface area contributed by atoms with Crippen molar-refractivity contribution in [3.8, 4) is 5.75 Å². The number of carbonyl (C=O) groups is 2. The summed E-state index contributed by atoms with van der Waals surface area (Å²) >= 11 is 6.06. The van der Waals surface area contributed by atoms with Crippen LogP contribution >= 0.6 is 11.6 Å². The van der Waals surface area contributed by atoms with Crippen molar-refractivity contribution in [1.29, 1.82) is 0 Å². The largest absolute Gasteiger partial charge is 0.495 e. The fraction of sp³-hybridized carbons (Fsp3) is 0.529. The van der Waals surface area contributed by atoms with Crippen LogP contribution in [-0.2, 0) is 9.59 Å². The van der Waals surface area contributed by atoms with Gasteiger partial charge in [0.05, 0.1) is 12.8 Å². The second kappa shape index (κ2) is 7.21. The van der Waals surface area contributed by atoms with Crippen molar-refractivity contribution in [2.75, 3.05) is 25.1 Å². The van der Waals surface area contributed by atoms with Gasteiger partial charge in [0.15, 0.2) is 0 Å². The molecule has 5 nitrogen and oxygen atoms in total. The fourth-order valence-corrected chi connectivity index (χ4v) is 2.96. The predicted molar refractivity (Wildman–Crippen MR) is 91.0 cm³/mol. The van der Waals surface area contributed by atoms with Crippen molar-refractivity contribution in [2.45, 2.75) is 33.2 Å². The summed E-state index contributed by atoms with van der Waals surface area (Å²) in [6.07, 6.45) is 0.456. The van der Waals surface area contributed by atoms with Gasteiger partial charge in [-0.25, -0.2) is 0 Å². The molecular weight excluding hydrogens is 316 g/mol. The van der Waals surface area contributed by atoms with Crippen LogP contribution in [0.4, 0.5) is 5.69 Å². The molecule has 6 heteroatoms. The van der Waals surface area contributed by atoms with E-state index >= 15 is 0 Å². The van der Waals surface area contributed by atoms with E-state index in [4.69, 9.17) is 16.3 Å². The van der Waals surface area contributed by atoms with Crippen molar-refractivity contribution in [3.05, 3.63) is 23.2 Å². The van der Waals surface area contributed by atoms with Crippen LogP contribution in [0.25, 0.3) is 0 Å². The Hall–Kier alpha value is -1.75. The molecule has 23 heavy (non-hydrogen) atoms. The molecule has 0 aliphatic carbocycles. The smallest absolute Gasteiger partial charge is 0.249 e. The van der Waals surface area contributed by atoms with E-state index in [0.29, 0.717) is 36.0 Å². The minimum Gasteiger partial charge on any atom is -0.495 e. The summed E-state index contributed by atoms with van der Waals surface area (Å²) in [5.74, 6) is 0.778. The summed E-state index contributed by atoms with van der Waals surface area (Å²) in [5, 5.41) is 0.541. The summed E-state index contributed by atoms with van der Waals surface area (Å²) in [6, 6.07) is 4.70. The number of piperazine rings is 1. The Morgan fingerprint density at radius 1 is 1.39 bits per heavy atom. The number of hydrogen-bond donors (Lipinski definition) is 0. The van der Waals surface area contributed by atoms with Gasteiger partial charge < -0.3 is 14.5 Å². The number of amides is 2. The number of nitrogens with zero attached hydrogens (tertiary/aromatic N) is 2. The van der Waals surface area contributed by atoms with Gasteiger partial charge in [-0.1, -0.05) is 25.4 Å². The van der Waals surface area contributed by atoms with E-state index in [1.807, 2.05) is 13.8 Å². The van der Waals surface area contributed by atoms with Crippen molar-refractivity contribution >= 4 is 29.1 Å². The predicted octanol–water partition coefficient (Wildman–Crippen LogP) is 2.96. The molecule has 0 N–H and O–H groups in total. The molecule has 1 aliphatic heterocycles. The van der Waals surface area contributed by atoms with Gasteiger partial charge in [0.2, 0.25) is 11.8 Å². The van der Waals surface area contributed by atoms with Gasteiger partial charge in [-0.05, 0) is 31.0 Å². The number of hydrogen-bond acceptors (Lipinski definition) is 3. The van der Waals surface area contributed by atoms with E-state index in [9.17, 15) is 9.59 Å². The molecule has 1 saturated heterocycles. The van der Waals surface area contributed by atoms with Crippen LogP contribution in [0.2, 0.25) is 5.02 Å². The zero-order chi connectivity index (χ0) is 17.1. The highest BCUT2D eigenvalue weighted by atomic mass is 35.5. The molecule has 1 atom stereocenters. The van der Waals surface area contributed by atoms with Crippen molar-refractivity contribution in [2.24, 2.45) is 5.92 Å². The van der Waals surface area contributed by atoms with Gasteiger partial charge in [0.1, 0.15) is 11.8 Å². The topological polar surface area (TPSA) is 49.9 Å². The average molecular weight is 339 g/mol. The van der Waals surface area contributed by atoms with Crippen molar-refractivity contribution < 1.29 is 14.3 Å². The lowest BCUT2D eigenvalue weighted by Crippen LogP contribution is -2.58. The van der Waals surface area contributed by atoms with Crippen molar-refractivity contribution in [1.82, 2.24) is 4.90 Å². The Kier molecular flexibility index (Phi) is 5.52. The fourth-order valence-electron chi connectivity index (χ4n) is 2.79. The highest BCUT2D eigenvalue weighted by Gasteiger charge is 2.35. The van der Waals surface area contributed by atoms with E-state index in [1.165, 1.54) is 0 Å². The lowest BCUT2D eigenvalue weighted by atomic mass is 10.1. The van der Waals surface area contributed by atoms with Crippen LogP contribution in [0, 0.1) is 5.92 Å². The summed E-state index contributed by atoms with van der Waals surface area (Å²) in [7, 11) is 1.56. The number of carbonyl (C=O) groups excluding carboxylic acids is 2. The van der Waals surface area contributed by atoms with Crippen molar-refractivity contribution in [3.63, 3.8) is 0 Å². The van der Waals surface area contributed by atoms with Crippen LogP contribution in [0.15, 0.2) is 18.2 Å². The molecule has 1 aromatic carbocycles. The first-order valence-electron chi connectivity index (χ1n) is 7.79. The third-order valence-electron chi connectivity index (χ3n) is 3.99. The van der Waals surface area contributed by atoms with Crippen LogP contribution in [-0.4, -0.2) is 43.0 Å². The molecule has 0 radical (unpaired) electrons. The van der Waals surface area contributed by atoms with E-state index in [2.05, 4.69) is 0 Å². The molecule has 0 bridgehead atoms. The lowest BCUT2D eigenvalue weighted by Gasteiger charge is -2.39. The molecule has 1 heterocycles. The Morgan fingerprint density at radius 2 is 2.09 bits per heavy atom. The Labute approximate surface area is 142 Å². The Morgan fingerprint density at radius 3 is 2.70 bits per heavy atom. The highest BCUT2D eigenvalue weighted by molar-refractivity contribution is 6.31. The maximum Gasteiger partial charge on any atom is 0.249 e. The van der Waals surface area contributed by atoms with E-state index in [-0.39, 0.29) is 17.7 Å². The molecular formula is C17H23ClN2O3. The van der Waals surface area contributed by atoms with Gasteiger partial charge in [-0.2, -0.15) is 0 Å². The lowest BCUT2D eigenvalue weighted by molar-refractivity contribution is -0.141. The summed E-state index contributed by atoms with van der Waals surface area (Å²) in [6.45, 7) is 6.70. The molecule has 0 aromatic heterocycles. The third kappa shape index (κ3) is 3.78. The standard InChI is InChI=1S/C17H23ClN2O3/c1-11(2)9-16(21)19-7-8-20(17(22)12(19)3)14-10-13(18)5-6-15(14)23-4/h5-6,10-12H,7-9H2,1-4H3/t12-/m1/s1. The number of anilines is 1. The van der Waals surface area contributed by atoms with E-state index in [1.54, 1.807) is 42.0 Å². The van der Waals surface area contributed by atoms with Crippen LogP contribution in [0.5, 0.6) is 5.75 Å². The second-order valence-corrected chi connectivity index (χ2v) is 6.60. The van der Waals surface area contributed by atoms with Gasteiger partial charge in [-0.15, -0.1) is 0 Å². The first-order valence-corrected chi connectivity index (χ1v) is 8.17. The molecule has 0 unspecified atom stereocenters. The van der Waals surface area contributed by atoms with Crippen LogP contribution in [0.3, 0.4) is 0 Å². The van der Waals surface area contributed by atoms with Crippen LogP contribution < -0.4 is 9.64 Å². The third-order valence-corrected chi connectivity index (χ3v) is 4.23. The van der Waals surface area contributed by atoms with Gasteiger partial charge in [-0.3, -0.25) is 9.59 Å². The highest BCUT2D eigenvalue weighted by Crippen LogP contribution is 2.33. The van der Waals surface area contributed by atoms with Crippen LogP contribution in [0.1, 0.15) is 27.2 Å². The van der Waals surface area contributed by atoms with Gasteiger partial charge >= 0.3 is 0 Å². The molecule has 1 aromatic rings. The summed E-state index contributed by atoms with van der Waals surface area (Å²) in [5.41, 5.74) is 0.646. The number of rotatable bonds is 4. The molecule has 126 valence electrons. The number of halogens is 1. The first-order chi connectivity index (χ1) is 10.8. The Balaban J connectivity index is 2.22. The Bertz CT molecular complexity index is 604. The quantitative estimate of drug-likeness (QED) is 0.848. The number of methoxy groups -OCH3 is 1. The normalized spacial score (nSPS) is 18.5. The van der Waals surface area contributed by atoms with Gasteiger partial charge in [0.25, 0.3) is 0 Å². The maximum atomic E-state index is 12.7. The average Bonchev–Trinajstić information content (AvgIpc) is 2.49. The molecule has 2 rings (SSSR count). The van der Waals surface area contributed by atoms with Gasteiger partial charge in [0, 0.05) is 24.5 Å². The SMILES string of the molecule is COc1ccc(Cl)cc1N1CCN(C(=O)CC(C)C)[C@H](C)C1=O. The minimum absolute atomic E-state index is 0.0264. The maximum absolute atomic E-state index is 12.7. The monoisotopic (exact) mass is 338 g/mol. The summed E-state index contributed by atoms with van der Waals surface area (Å²) in [4.78, 5) is 28.3.